The lowest BCUT2D eigenvalue weighted by Gasteiger charge is -2.32. The fraction of sp³-hybridized carbons (Fsp3) is 0.450. The van der Waals surface area contributed by atoms with Gasteiger partial charge < -0.3 is 19.7 Å². The lowest BCUT2D eigenvalue weighted by atomic mass is 10.1. The summed E-state index contributed by atoms with van der Waals surface area (Å²) in [5.41, 5.74) is 1.47. The summed E-state index contributed by atoms with van der Waals surface area (Å²) in [5, 5.41) is 2.83. The maximum Gasteiger partial charge on any atom is 0.330 e. The second-order valence-electron chi connectivity index (χ2n) is 6.62. The molecule has 0 bridgehead atoms. The Morgan fingerprint density at radius 2 is 2.00 bits per heavy atom. The molecule has 3 rings (SSSR count). The van der Waals surface area contributed by atoms with Crippen LogP contribution in [0.5, 0.6) is 0 Å². The number of hydrogen-bond acceptors (Lipinski definition) is 5. The van der Waals surface area contributed by atoms with Crippen LogP contribution >= 0.6 is 0 Å². The third-order valence-corrected chi connectivity index (χ3v) is 4.51. The van der Waals surface area contributed by atoms with Gasteiger partial charge in [-0.25, -0.2) is 9.59 Å². The summed E-state index contributed by atoms with van der Waals surface area (Å²) in [6.07, 6.45) is 4.37. The zero-order valence-corrected chi connectivity index (χ0v) is 15.3. The number of ether oxygens (including phenoxy) is 2. The number of nitrogens with zero attached hydrogens (tertiary/aromatic N) is 1. The van der Waals surface area contributed by atoms with E-state index in [1.807, 2.05) is 0 Å². The number of esters is 1. The third kappa shape index (κ3) is 5.40. The molecule has 1 saturated carbocycles. The summed E-state index contributed by atoms with van der Waals surface area (Å²) in [5.74, 6) is -0.157. The smallest absolute Gasteiger partial charge is 0.330 e. The first-order valence-electron chi connectivity index (χ1n) is 9.23. The topological polar surface area (TPSA) is 84.9 Å². The van der Waals surface area contributed by atoms with Crippen LogP contribution in [-0.2, 0) is 19.1 Å². The average Bonchev–Trinajstić information content (AvgIpc) is 3.52. The first-order valence-corrected chi connectivity index (χ1v) is 9.23. The molecule has 0 radical (unpaired) electrons. The van der Waals surface area contributed by atoms with Crippen molar-refractivity contribution in [1.29, 1.82) is 0 Å². The van der Waals surface area contributed by atoms with Gasteiger partial charge in [0.1, 0.15) is 6.10 Å². The molecule has 2 aliphatic rings. The van der Waals surface area contributed by atoms with Crippen molar-refractivity contribution in [3.05, 3.63) is 35.9 Å². The quantitative estimate of drug-likeness (QED) is 0.612. The molecule has 1 aromatic rings. The molecule has 7 heteroatoms. The molecular weight excluding hydrogens is 348 g/mol. The van der Waals surface area contributed by atoms with E-state index in [-0.39, 0.29) is 17.7 Å². The minimum atomic E-state index is -0.507. The molecule has 27 heavy (non-hydrogen) atoms. The summed E-state index contributed by atoms with van der Waals surface area (Å²) in [6, 6.07) is 6.86. The van der Waals surface area contributed by atoms with E-state index in [1.54, 1.807) is 42.2 Å². The number of hydrogen-bond donors (Lipinski definition) is 1. The van der Waals surface area contributed by atoms with Gasteiger partial charge in [0.15, 0.2) is 5.78 Å². The van der Waals surface area contributed by atoms with Crippen molar-refractivity contribution in [1.82, 2.24) is 4.90 Å². The highest BCUT2D eigenvalue weighted by atomic mass is 16.5. The van der Waals surface area contributed by atoms with E-state index in [4.69, 9.17) is 9.47 Å². The van der Waals surface area contributed by atoms with E-state index >= 15 is 0 Å². The summed E-state index contributed by atoms with van der Waals surface area (Å²) >= 11 is 0. The summed E-state index contributed by atoms with van der Waals surface area (Å²) in [6.45, 7) is 3.21. The van der Waals surface area contributed by atoms with Crippen LogP contribution in [0, 0.1) is 5.92 Å². The van der Waals surface area contributed by atoms with Gasteiger partial charge in [-0.05, 0) is 43.5 Å². The van der Waals surface area contributed by atoms with E-state index in [1.165, 1.54) is 6.08 Å². The number of morpholine rings is 1. The van der Waals surface area contributed by atoms with E-state index in [0.29, 0.717) is 32.0 Å². The summed E-state index contributed by atoms with van der Waals surface area (Å²) in [7, 11) is 0. The number of Topliss-reactive ketones (excluding diaryl/α,β-unsaturated/α-hetero) is 1. The Labute approximate surface area is 158 Å². The highest BCUT2D eigenvalue weighted by molar-refractivity contribution is 5.92. The van der Waals surface area contributed by atoms with Crippen LogP contribution in [0.15, 0.2) is 30.3 Å². The Hall–Kier alpha value is -2.67. The van der Waals surface area contributed by atoms with Gasteiger partial charge in [-0.2, -0.15) is 0 Å². The number of rotatable bonds is 6. The number of amides is 2. The van der Waals surface area contributed by atoms with Gasteiger partial charge in [-0.3, -0.25) is 4.79 Å². The molecule has 1 heterocycles. The summed E-state index contributed by atoms with van der Waals surface area (Å²) < 4.78 is 10.4. The molecule has 144 valence electrons. The minimum absolute atomic E-state index is 0.116. The zero-order chi connectivity index (χ0) is 19.2. The monoisotopic (exact) mass is 372 g/mol. The fourth-order valence-corrected chi connectivity index (χ4v) is 2.87. The van der Waals surface area contributed by atoms with Crippen LogP contribution in [-0.4, -0.2) is 55.1 Å². The van der Waals surface area contributed by atoms with Crippen molar-refractivity contribution in [2.24, 2.45) is 5.92 Å². The van der Waals surface area contributed by atoms with Crippen LogP contribution in [0.2, 0.25) is 0 Å². The Morgan fingerprint density at radius 3 is 2.67 bits per heavy atom. The first-order chi connectivity index (χ1) is 13.1. The van der Waals surface area contributed by atoms with Gasteiger partial charge in [-0.1, -0.05) is 12.1 Å². The Balaban J connectivity index is 1.52. The normalized spacial score (nSPS) is 19.7. The molecule has 0 spiro atoms. The average molecular weight is 372 g/mol. The van der Waals surface area contributed by atoms with Crippen LogP contribution in [0.25, 0.3) is 6.08 Å². The molecule has 1 unspecified atom stereocenters. The largest absolute Gasteiger partial charge is 0.463 e. The second-order valence-corrected chi connectivity index (χ2v) is 6.62. The number of benzene rings is 1. The van der Waals surface area contributed by atoms with Crippen LogP contribution in [0.4, 0.5) is 10.5 Å². The summed E-state index contributed by atoms with van der Waals surface area (Å²) in [4.78, 5) is 37.6. The van der Waals surface area contributed by atoms with Crippen molar-refractivity contribution < 1.29 is 23.9 Å². The molecule has 1 saturated heterocycles. The predicted molar refractivity (Wildman–Crippen MR) is 100 cm³/mol. The molecule has 1 aliphatic heterocycles. The number of ketones is 1. The molecule has 0 aromatic heterocycles. The van der Waals surface area contributed by atoms with Crippen molar-refractivity contribution in [3.8, 4) is 0 Å². The van der Waals surface area contributed by atoms with Crippen LogP contribution in [0.1, 0.15) is 25.3 Å². The van der Waals surface area contributed by atoms with Crippen LogP contribution < -0.4 is 5.32 Å². The Bertz CT molecular complexity index is 724. The number of urea groups is 1. The minimum Gasteiger partial charge on any atom is -0.463 e. The molecule has 7 nitrogen and oxygen atoms in total. The third-order valence-electron chi connectivity index (χ3n) is 4.51. The van der Waals surface area contributed by atoms with Crippen molar-refractivity contribution in [2.75, 3.05) is 31.6 Å². The number of nitrogens with one attached hydrogen (secondary N) is 1. The first kappa shape index (κ1) is 19.1. The van der Waals surface area contributed by atoms with Gasteiger partial charge in [0.25, 0.3) is 0 Å². The maximum absolute atomic E-state index is 12.5. The number of carbonyl (C=O) groups excluding carboxylic acids is 3. The highest BCUT2D eigenvalue weighted by Gasteiger charge is 2.38. The lowest BCUT2D eigenvalue weighted by Crippen LogP contribution is -2.50. The molecular formula is C20H24N2O5. The van der Waals surface area contributed by atoms with E-state index < -0.39 is 12.1 Å². The second kappa shape index (κ2) is 8.81. The molecule has 2 amide bonds. The maximum atomic E-state index is 12.5. The number of anilines is 1. The Kier molecular flexibility index (Phi) is 6.24. The van der Waals surface area contributed by atoms with Gasteiger partial charge in [0.2, 0.25) is 0 Å². The standard InChI is InChI=1S/C20H24N2O5/c1-2-26-18(23)10-5-14-3-8-16(9-4-14)21-20(25)22-11-12-27-17(13-22)19(24)15-6-7-15/h3-5,8-10,15,17H,2,6-7,11-13H2,1H3,(H,21,25). The van der Waals surface area contributed by atoms with Crippen molar-refractivity contribution >= 4 is 29.5 Å². The van der Waals surface area contributed by atoms with Gasteiger partial charge in [0.05, 0.1) is 19.8 Å². The van der Waals surface area contributed by atoms with Crippen molar-refractivity contribution in [2.45, 2.75) is 25.9 Å². The molecule has 1 N–H and O–H groups in total. The predicted octanol–water partition coefficient (Wildman–Crippen LogP) is 2.47. The fourth-order valence-electron chi connectivity index (χ4n) is 2.87. The molecule has 1 aromatic carbocycles. The van der Waals surface area contributed by atoms with Gasteiger partial charge in [0, 0.05) is 24.2 Å². The zero-order valence-electron chi connectivity index (χ0n) is 15.3. The molecule has 1 atom stereocenters. The van der Waals surface area contributed by atoms with Gasteiger partial charge >= 0.3 is 12.0 Å². The SMILES string of the molecule is CCOC(=O)C=Cc1ccc(NC(=O)N2CCOC(C(=O)C3CC3)C2)cc1. The Morgan fingerprint density at radius 1 is 1.26 bits per heavy atom. The lowest BCUT2D eigenvalue weighted by molar-refractivity contribution is -0.137. The van der Waals surface area contributed by atoms with Crippen molar-refractivity contribution in [3.63, 3.8) is 0 Å². The van der Waals surface area contributed by atoms with Gasteiger partial charge in [-0.15, -0.1) is 0 Å². The van der Waals surface area contributed by atoms with E-state index in [2.05, 4.69) is 5.32 Å². The molecule has 2 fully saturated rings. The molecule has 1 aliphatic carbocycles. The van der Waals surface area contributed by atoms with E-state index in [0.717, 1.165) is 18.4 Å². The van der Waals surface area contributed by atoms with Crippen LogP contribution in [0.3, 0.4) is 0 Å². The van der Waals surface area contributed by atoms with E-state index in [9.17, 15) is 14.4 Å². The highest BCUT2D eigenvalue weighted by Crippen LogP contribution is 2.32. The number of carbonyl (C=O) groups is 3.